The van der Waals surface area contributed by atoms with Gasteiger partial charge >= 0.3 is 12.4 Å². The largest absolute Gasteiger partial charge is 0.573 e. The molecule has 0 unspecified atom stereocenters. The molecule has 1 heterocycles. The maximum absolute atomic E-state index is 12.2. The van der Waals surface area contributed by atoms with Gasteiger partial charge in [0.15, 0.2) is 5.78 Å². The van der Waals surface area contributed by atoms with Gasteiger partial charge in [-0.3, -0.25) is 14.5 Å². The Morgan fingerprint density at radius 1 is 1.00 bits per heavy atom. The average molecular weight is 468 g/mol. The fourth-order valence-electron chi connectivity index (χ4n) is 2.80. The van der Waals surface area contributed by atoms with Crippen molar-refractivity contribution < 1.29 is 37.0 Å². The number of thioether (sulfide) groups is 1. The van der Waals surface area contributed by atoms with Gasteiger partial charge in [-0.15, -0.1) is 24.9 Å². The number of amides is 3. The summed E-state index contributed by atoms with van der Waals surface area (Å²) in [5.74, 6) is -0.229. The van der Waals surface area contributed by atoms with Crippen LogP contribution in [0.4, 0.5) is 18.0 Å². The Morgan fingerprint density at radius 2 is 1.53 bits per heavy atom. The summed E-state index contributed by atoms with van der Waals surface area (Å²) in [6.07, 6.45) is -4.76. The van der Waals surface area contributed by atoms with Crippen LogP contribution in [0.3, 0.4) is 0 Å². The fraction of sp³-hybridized carbons (Fsp3) is 0.286. The number of hydrogen-bond acceptors (Lipinski definition) is 6. The van der Waals surface area contributed by atoms with Crippen LogP contribution in [0.5, 0.6) is 17.2 Å². The second-order valence-electron chi connectivity index (χ2n) is 7.37. The molecule has 7 nitrogen and oxygen atoms in total. The van der Waals surface area contributed by atoms with Crippen molar-refractivity contribution in [2.75, 3.05) is 12.3 Å². The number of ketones is 1. The Balaban J connectivity index is 1.49. The number of imide groups is 1. The van der Waals surface area contributed by atoms with Gasteiger partial charge in [0.2, 0.25) is 0 Å². The number of nitrogens with zero attached hydrogens (tertiary/aromatic N) is 1. The van der Waals surface area contributed by atoms with Crippen LogP contribution in [0.2, 0.25) is 0 Å². The fourth-order valence-corrected chi connectivity index (χ4v) is 3.54. The first-order chi connectivity index (χ1) is 14.9. The molecule has 0 spiro atoms. The molecule has 0 radical (unpaired) electrons. The van der Waals surface area contributed by atoms with Crippen molar-refractivity contribution >= 4 is 29.5 Å². The summed E-state index contributed by atoms with van der Waals surface area (Å²) in [5.41, 5.74) is -1.02. The molecule has 1 aliphatic rings. The van der Waals surface area contributed by atoms with E-state index in [4.69, 9.17) is 4.74 Å². The normalized spacial score (nSPS) is 15.5. The predicted octanol–water partition coefficient (Wildman–Crippen LogP) is 4.37. The summed E-state index contributed by atoms with van der Waals surface area (Å²) >= 11 is 1.24. The molecule has 1 fully saturated rings. The Kier molecular flexibility index (Phi) is 6.68. The SMILES string of the molecule is CC1(C)NC(=O)N(CC(=O)CSc2ccc(Oc3ccc(OC(F)(F)F)cc3)cc2)C1=O. The molecule has 0 bridgehead atoms. The molecule has 1 saturated heterocycles. The number of ether oxygens (including phenoxy) is 2. The summed E-state index contributed by atoms with van der Waals surface area (Å²) in [7, 11) is 0. The van der Waals surface area contributed by atoms with Gasteiger partial charge in [-0.25, -0.2) is 4.79 Å². The Labute approximate surface area is 185 Å². The van der Waals surface area contributed by atoms with Gasteiger partial charge in [-0.2, -0.15) is 0 Å². The van der Waals surface area contributed by atoms with Gasteiger partial charge in [0.1, 0.15) is 22.8 Å². The van der Waals surface area contributed by atoms with Crippen molar-refractivity contribution in [2.45, 2.75) is 30.6 Å². The molecule has 2 aromatic carbocycles. The number of rotatable bonds is 8. The average Bonchev–Trinajstić information content (AvgIpc) is 2.89. The van der Waals surface area contributed by atoms with Gasteiger partial charge in [-0.05, 0) is 62.4 Å². The van der Waals surface area contributed by atoms with Crippen LogP contribution in [0.1, 0.15) is 13.8 Å². The lowest BCUT2D eigenvalue weighted by Crippen LogP contribution is -2.41. The molecule has 0 saturated carbocycles. The molecule has 2 aromatic rings. The quantitative estimate of drug-likeness (QED) is 0.458. The number of carbonyl (C=O) groups is 3. The standard InChI is InChI=1S/C21H19F3N2O5S/c1-20(2)18(28)26(19(29)25-20)11-13(27)12-32-17-9-7-15(8-10-17)30-14-3-5-16(6-4-14)31-21(22,23)24/h3-10H,11-12H2,1-2H3,(H,25,29). The third kappa shape index (κ3) is 6.16. The molecule has 1 N–H and O–H groups in total. The van der Waals surface area contributed by atoms with Gasteiger partial charge in [-0.1, -0.05) is 0 Å². The van der Waals surface area contributed by atoms with E-state index < -0.39 is 23.8 Å². The van der Waals surface area contributed by atoms with Gasteiger partial charge in [0, 0.05) is 4.90 Å². The maximum atomic E-state index is 12.2. The smallest absolute Gasteiger partial charge is 0.457 e. The van der Waals surface area contributed by atoms with Gasteiger partial charge in [0.25, 0.3) is 5.91 Å². The van der Waals surface area contributed by atoms with Gasteiger partial charge < -0.3 is 14.8 Å². The zero-order valence-corrected chi connectivity index (χ0v) is 17.9. The van der Waals surface area contributed by atoms with E-state index in [0.717, 1.165) is 21.9 Å². The summed E-state index contributed by atoms with van der Waals surface area (Å²) < 4.78 is 46.0. The molecular weight excluding hydrogens is 449 g/mol. The highest BCUT2D eigenvalue weighted by Crippen LogP contribution is 2.29. The highest BCUT2D eigenvalue weighted by Gasteiger charge is 2.44. The van der Waals surface area contributed by atoms with E-state index in [2.05, 4.69) is 10.1 Å². The van der Waals surface area contributed by atoms with Crippen molar-refractivity contribution in [3.8, 4) is 17.2 Å². The van der Waals surface area contributed by atoms with Crippen LogP contribution in [-0.4, -0.2) is 46.8 Å². The van der Waals surface area contributed by atoms with E-state index >= 15 is 0 Å². The second kappa shape index (κ2) is 9.11. The minimum absolute atomic E-state index is 0.0678. The Morgan fingerprint density at radius 3 is 2.03 bits per heavy atom. The second-order valence-corrected chi connectivity index (χ2v) is 8.42. The predicted molar refractivity (Wildman–Crippen MR) is 110 cm³/mol. The number of alkyl halides is 3. The first kappa shape index (κ1) is 23.5. The van der Waals surface area contributed by atoms with Crippen LogP contribution in [-0.2, 0) is 9.59 Å². The van der Waals surface area contributed by atoms with Crippen LogP contribution >= 0.6 is 11.8 Å². The highest BCUT2D eigenvalue weighted by atomic mass is 32.2. The lowest BCUT2D eigenvalue weighted by Gasteiger charge is -2.15. The van der Waals surface area contributed by atoms with E-state index in [-0.39, 0.29) is 23.8 Å². The summed E-state index contributed by atoms with van der Waals surface area (Å²) in [6, 6.07) is 11.1. The summed E-state index contributed by atoms with van der Waals surface area (Å²) in [5, 5.41) is 2.52. The molecule has 32 heavy (non-hydrogen) atoms. The maximum Gasteiger partial charge on any atom is 0.573 e. The molecule has 3 amide bonds. The molecule has 170 valence electrons. The van der Waals surface area contributed by atoms with Crippen molar-refractivity contribution in [2.24, 2.45) is 0 Å². The first-order valence-electron chi connectivity index (χ1n) is 9.35. The third-order valence-electron chi connectivity index (χ3n) is 4.30. The zero-order valence-electron chi connectivity index (χ0n) is 17.1. The number of benzene rings is 2. The molecule has 0 aromatic heterocycles. The van der Waals surface area contributed by atoms with Gasteiger partial charge in [0.05, 0.1) is 12.3 Å². The Bertz CT molecular complexity index is 1010. The number of halogens is 3. The van der Waals surface area contributed by atoms with Crippen molar-refractivity contribution in [3.63, 3.8) is 0 Å². The molecule has 3 rings (SSSR count). The molecule has 0 aliphatic carbocycles. The minimum atomic E-state index is -4.76. The van der Waals surface area contributed by atoms with Crippen LogP contribution in [0, 0.1) is 0 Å². The summed E-state index contributed by atoms with van der Waals surface area (Å²) in [6.45, 7) is 2.85. The number of carbonyl (C=O) groups excluding carboxylic acids is 3. The topological polar surface area (TPSA) is 84.9 Å². The van der Waals surface area contributed by atoms with Crippen molar-refractivity contribution in [1.82, 2.24) is 10.2 Å². The zero-order chi connectivity index (χ0) is 23.5. The van der Waals surface area contributed by atoms with Crippen LogP contribution in [0.15, 0.2) is 53.4 Å². The van der Waals surface area contributed by atoms with E-state index in [1.807, 2.05) is 0 Å². The van der Waals surface area contributed by atoms with E-state index in [1.54, 1.807) is 38.1 Å². The van der Waals surface area contributed by atoms with Crippen molar-refractivity contribution in [1.29, 1.82) is 0 Å². The number of Topliss-reactive ketones (excluding diaryl/α,β-unsaturated/α-hetero) is 1. The number of nitrogens with one attached hydrogen (secondary N) is 1. The van der Waals surface area contributed by atoms with E-state index in [1.165, 1.54) is 23.9 Å². The summed E-state index contributed by atoms with van der Waals surface area (Å²) in [4.78, 5) is 37.8. The monoisotopic (exact) mass is 468 g/mol. The minimum Gasteiger partial charge on any atom is -0.457 e. The lowest BCUT2D eigenvalue weighted by molar-refractivity contribution is -0.274. The Hall–Kier alpha value is -3.21. The highest BCUT2D eigenvalue weighted by molar-refractivity contribution is 8.00. The third-order valence-corrected chi connectivity index (χ3v) is 5.37. The lowest BCUT2D eigenvalue weighted by atomic mass is 10.1. The molecule has 11 heteroatoms. The van der Waals surface area contributed by atoms with Crippen LogP contribution < -0.4 is 14.8 Å². The number of hydrogen-bond donors (Lipinski definition) is 1. The first-order valence-corrected chi connectivity index (χ1v) is 10.3. The molecule has 1 aliphatic heterocycles. The van der Waals surface area contributed by atoms with Crippen molar-refractivity contribution in [3.05, 3.63) is 48.5 Å². The molecular formula is C21H19F3N2O5S. The van der Waals surface area contributed by atoms with E-state index in [9.17, 15) is 27.6 Å². The molecule has 0 atom stereocenters. The number of urea groups is 1. The van der Waals surface area contributed by atoms with Crippen LogP contribution in [0.25, 0.3) is 0 Å². The van der Waals surface area contributed by atoms with E-state index in [0.29, 0.717) is 11.5 Å².